The molecule has 0 bridgehead atoms. The van der Waals surface area contributed by atoms with Crippen molar-refractivity contribution in [1.82, 2.24) is 15.0 Å². The summed E-state index contributed by atoms with van der Waals surface area (Å²) < 4.78 is 4.74. The summed E-state index contributed by atoms with van der Waals surface area (Å²) in [4.78, 5) is 18.0. The molecule has 0 saturated carbocycles. The third-order valence-electron chi connectivity index (χ3n) is 3.22. The average molecular weight is 263 g/mol. The molecule has 5 nitrogen and oxygen atoms in total. The Bertz CT molecular complexity index is 509. The summed E-state index contributed by atoms with van der Waals surface area (Å²) in [7, 11) is 0. The lowest BCUT2D eigenvalue weighted by Crippen LogP contribution is -2.29. The number of aromatic nitrogens is 2. The van der Waals surface area contributed by atoms with E-state index in [0.29, 0.717) is 18.8 Å². The maximum absolute atomic E-state index is 12.1. The Labute approximate surface area is 108 Å². The topological polar surface area (TPSA) is 59.2 Å². The van der Waals surface area contributed by atoms with Gasteiger partial charge in [-0.05, 0) is 28.8 Å². The van der Waals surface area contributed by atoms with E-state index in [1.54, 1.807) is 11.3 Å². The van der Waals surface area contributed by atoms with Crippen LogP contribution in [-0.2, 0) is 11.2 Å². The van der Waals surface area contributed by atoms with E-state index < -0.39 is 0 Å². The molecule has 0 radical (unpaired) electrons. The standard InChI is InChI=1S/C12H13N3O2S/c16-11(5-9-2-4-18-7-9)15-3-1-10(6-15)12-13-8-17-14-12/h2,4,7-8,10H,1,3,5-6H2/t10-/m1/s1. The fourth-order valence-corrected chi connectivity index (χ4v) is 2.90. The van der Waals surface area contributed by atoms with Crippen LogP contribution in [0.1, 0.15) is 23.7 Å². The molecule has 1 aliphatic heterocycles. The molecule has 2 aromatic heterocycles. The number of hydrogen-bond donors (Lipinski definition) is 0. The molecule has 0 N–H and O–H groups in total. The van der Waals surface area contributed by atoms with Crippen molar-refractivity contribution in [2.45, 2.75) is 18.8 Å². The van der Waals surface area contributed by atoms with Gasteiger partial charge in [-0.1, -0.05) is 5.16 Å². The van der Waals surface area contributed by atoms with Crippen LogP contribution in [0.15, 0.2) is 27.7 Å². The maximum Gasteiger partial charge on any atom is 0.227 e. The predicted octanol–water partition coefficient (Wildman–Crippen LogP) is 1.69. The van der Waals surface area contributed by atoms with Crippen molar-refractivity contribution < 1.29 is 9.32 Å². The molecule has 94 valence electrons. The molecule has 6 heteroatoms. The molecule has 1 saturated heterocycles. The van der Waals surface area contributed by atoms with Crippen LogP contribution in [0.4, 0.5) is 0 Å². The molecule has 3 heterocycles. The first-order valence-corrected chi connectivity index (χ1v) is 6.82. The highest BCUT2D eigenvalue weighted by Crippen LogP contribution is 2.25. The molecule has 0 unspecified atom stereocenters. The highest BCUT2D eigenvalue weighted by atomic mass is 32.1. The normalized spacial score (nSPS) is 19.3. The lowest BCUT2D eigenvalue weighted by atomic mass is 10.1. The van der Waals surface area contributed by atoms with Gasteiger partial charge in [0.15, 0.2) is 5.82 Å². The fourth-order valence-electron chi connectivity index (χ4n) is 2.24. The van der Waals surface area contributed by atoms with E-state index in [4.69, 9.17) is 4.52 Å². The average Bonchev–Trinajstić information content (AvgIpc) is 3.11. The smallest absolute Gasteiger partial charge is 0.227 e. The monoisotopic (exact) mass is 263 g/mol. The van der Waals surface area contributed by atoms with E-state index >= 15 is 0 Å². The van der Waals surface area contributed by atoms with E-state index in [1.165, 1.54) is 6.39 Å². The van der Waals surface area contributed by atoms with Crippen molar-refractivity contribution in [3.63, 3.8) is 0 Å². The summed E-state index contributed by atoms with van der Waals surface area (Å²) in [5.74, 6) is 1.11. The number of carbonyl (C=O) groups excluding carboxylic acids is 1. The van der Waals surface area contributed by atoms with Gasteiger partial charge in [0.05, 0.1) is 6.42 Å². The molecule has 0 aliphatic carbocycles. The molecule has 3 rings (SSSR count). The highest BCUT2D eigenvalue weighted by Gasteiger charge is 2.29. The van der Waals surface area contributed by atoms with Crippen LogP contribution in [0.25, 0.3) is 0 Å². The SMILES string of the molecule is O=C(Cc1ccsc1)N1CC[C@@H](c2ncon2)C1. The number of amides is 1. The van der Waals surface area contributed by atoms with Gasteiger partial charge in [0.2, 0.25) is 12.3 Å². The van der Waals surface area contributed by atoms with Gasteiger partial charge in [-0.2, -0.15) is 16.3 Å². The van der Waals surface area contributed by atoms with Crippen LogP contribution < -0.4 is 0 Å². The van der Waals surface area contributed by atoms with Crippen LogP contribution in [0, 0.1) is 0 Å². The first-order chi connectivity index (χ1) is 8.83. The van der Waals surface area contributed by atoms with E-state index in [9.17, 15) is 4.79 Å². The fraction of sp³-hybridized carbons (Fsp3) is 0.417. The first kappa shape index (κ1) is 11.4. The lowest BCUT2D eigenvalue weighted by molar-refractivity contribution is -0.129. The maximum atomic E-state index is 12.1. The second kappa shape index (κ2) is 4.89. The van der Waals surface area contributed by atoms with Gasteiger partial charge in [0.1, 0.15) is 0 Å². The van der Waals surface area contributed by atoms with Gasteiger partial charge in [-0.25, -0.2) is 0 Å². The predicted molar refractivity (Wildman–Crippen MR) is 66.3 cm³/mol. The Morgan fingerprint density at radius 2 is 2.56 bits per heavy atom. The summed E-state index contributed by atoms with van der Waals surface area (Å²) in [6.07, 6.45) is 2.74. The number of rotatable bonds is 3. The molecule has 2 aromatic rings. The largest absolute Gasteiger partial charge is 0.343 e. The molecule has 1 atom stereocenters. The number of nitrogens with zero attached hydrogens (tertiary/aromatic N) is 3. The molecule has 0 spiro atoms. The molecule has 1 fully saturated rings. The number of likely N-dealkylation sites (tertiary alicyclic amines) is 1. The molecular formula is C12H13N3O2S. The molecular weight excluding hydrogens is 250 g/mol. The van der Waals surface area contributed by atoms with Crippen LogP contribution in [0.5, 0.6) is 0 Å². The molecule has 1 amide bonds. The Kier molecular flexibility index (Phi) is 3.10. The zero-order chi connectivity index (χ0) is 12.4. The van der Waals surface area contributed by atoms with Crippen molar-refractivity contribution >= 4 is 17.2 Å². The van der Waals surface area contributed by atoms with Crippen LogP contribution in [-0.4, -0.2) is 34.0 Å². The molecule has 18 heavy (non-hydrogen) atoms. The highest BCUT2D eigenvalue weighted by molar-refractivity contribution is 7.07. The second-order valence-electron chi connectivity index (χ2n) is 4.42. The molecule has 0 aromatic carbocycles. The molecule has 1 aliphatic rings. The van der Waals surface area contributed by atoms with Gasteiger partial charge in [0.25, 0.3) is 0 Å². The Balaban J connectivity index is 1.60. The van der Waals surface area contributed by atoms with Crippen molar-refractivity contribution in [3.8, 4) is 0 Å². The van der Waals surface area contributed by atoms with Crippen molar-refractivity contribution in [2.75, 3.05) is 13.1 Å². The Hall–Kier alpha value is -1.69. The van der Waals surface area contributed by atoms with Crippen molar-refractivity contribution in [1.29, 1.82) is 0 Å². The minimum absolute atomic E-state index is 0.180. The lowest BCUT2D eigenvalue weighted by Gasteiger charge is -2.15. The van der Waals surface area contributed by atoms with E-state index in [0.717, 1.165) is 18.5 Å². The van der Waals surface area contributed by atoms with E-state index in [1.807, 2.05) is 21.7 Å². The minimum atomic E-state index is 0.180. The van der Waals surface area contributed by atoms with Crippen LogP contribution in [0.3, 0.4) is 0 Å². The second-order valence-corrected chi connectivity index (χ2v) is 5.20. The van der Waals surface area contributed by atoms with E-state index in [2.05, 4.69) is 10.1 Å². The van der Waals surface area contributed by atoms with Gasteiger partial charge in [-0.3, -0.25) is 4.79 Å². The van der Waals surface area contributed by atoms with Crippen molar-refractivity contribution in [3.05, 3.63) is 34.6 Å². The third-order valence-corrected chi connectivity index (χ3v) is 3.95. The summed E-state index contributed by atoms with van der Waals surface area (Å²) in [5.41, 5.74) is 1.09. The minimum Gasteiger partial charge on any atom is -0.343 e. The zero-order valence-electron chi connectivity index (χ0n) is 9.78. The number of carbonyl (C=O) groups is 1. The van der Waals surface area contributed by atoms with Crippen LogP contribution in [0.2, 0.25) is 0 Å². The van der Waals surface area contributed by atoms with Gasteiger partial charge in [0, 0.05) is 19.0 Å². The summed E-state index contributed by atoms with van der Waals surface area (Å²) in [5, 5.41) is 7.86. The number of thiophene rings is 1. The third kappa shape index (κ3) is 2.28. The zero-order valence-corrected chi connectivity index (χ0v) is 10.6. The van der Waals surface area contributed by atoms with Gasteiger partial charge in [-0.15, -0.1) is 0 Å². The summed E-state index contributed by atoms with van der Waals surface area (Å²) in [6, 6.07) is 2.00. The summed E-state index contributed by atoms with van der Waals surface area (Å²) in [6.45, 7) is 1.48. The van der Waals surface area contributed by atoms with Crippen molar-refractivity contribution in [2.24, 2.45) is 0 Å². The van der Waals surface area contributed by atoms with Gasteiger partial charge >= 0.3 is 0 Å². The first-order valence-electron chi connectivity index (χ1n) is 5.88. The Morgan fingerprint density at radius 3 is 3.28 bits per heavy atom. The quantitative estimate of drug-likeness (QED) is 0.845. The van der Waals surface area contributed by atoms with Crippen LogP contribution >= 0.6 is 11.3 Å². The van der Waals surface area contributed by atoms with E-state index in [-0.39, 0.29) is 11.8 Å². The Morgan fingerprint density at radius 1 is 1.61 bits per heavy atom. The number of hydrogen-bond acceptors (Lipinski definition) is 5. The summed E-state index contributed by atoms with van der Waals surface area (Å²) >= 11 is 1.62. The van der Waals surface area contributed by atoms with Gasteiger partial charge < -0.3 is 9.42 Å².